The third-order valence-electron chi connectivity index (χ3n) is 4.53. The fourth-order valence-corrected chi connectivity index (χ4v) is 3.29. The number of esters is 1. The molecule has 0 radical (unpaired) electrons. The first-order chi connectivity index (χ1) is 12.3. The molecule has 2 atom stereocenters. The lowest BCUT2D eigenvalue weighted by atomic mass is 9.79. The SMILES string of the molecule is CC(C)C(c1ccccc1)[C@H](OC(=O)c1ccccc1C(=O)O)C(C)C. The molecular formula is C22H26O4. The van der Waals surface area contributed by atoms with Crippen LogP contribution in [-0.4, -0.2) is 23.1 Å². The van der Waals surface area contributed by atoms with Crippen molar-refractivity contribution in [3.8, 4) is 0 Å². The van der Waals surface area contributed by atoms with Crippen LogP contribution < -0.4 is 0 Å². The Bertz CT molecular complexity index is 750. The summed E-state index contributed by atoms with van der Waals surface area (Å²) in [5.41, 5.74) is 1.16. The Morgan fingerprint density at radius 3 is 1.85 bits per heavy atom. The number of carboxylic acids is 1. The normalized spacial score (nSPS) is 13.5. The van der Waals surface area contributed by atoms with E-state index in [1.165, 1.54) is 12.1 Å². The van der Waals surface area contributed by atoms with Crippen molar-refractivity contribution in [2.75, 3.05) is 0 Å². The fraction of sp³-hybridized carbons (Fsp3) is 0.364. The van der Waals surface area contributed by atoms with Crippen LogP contribution >= 0.6 is 0 Å². The van der Waals surface area contributed by atoms with E-state index in [2.05, 4.69) is 13.8 Å². The highest BCUT2D eigenvalue weighted by atomic mass is 16.5. The van der Waals surface area contributed by atoms with E-state index in [0.29, 0.717) is 0 Å². The molecule has 1 unspecified atom stereocenters. The lowest BCUT2D eigenvalue weighted by molar-refractivity contribution is 0.00358. The summed E-state index contributed by atoms with van der Waals surface area (Å²) in [5.74, 6) is -1.36. The summed E-state index contributed by atoms with van der Waals surface area (Å²) in [4.78, 5) is 24.2. The van der Waals surface area contributed by atoms with Crippen LogP contribution in [0, 0.1) is 11.8 Å². The maximum Gasteiger partial charge on any atom is 0.339 e. The van der Waals surface area contributed by atoms with E-state index in [1.54, 1.807) is 12.1 Å². The standard InChI is InChI=1S/C22H26O4/c1-14(2)19(16-10-6-5-7-11-16)20(15(3)4)26-22(25)18-13-9-8-12-17(18)21(23)24/h5-15,19-20H,1-4H3,(H,23,24)/t19?,20-/m1/s1. The minimum absolute atomic E-state index is 0.0251. The maximum atomic E-state index is 12.8. The molecule has 26 heavy (non-hydrogen) atoms. The van der Waals surface area contributed by atoms with E-state index in [-0.39, 0.29) is 35.0 Å². The highest BCUT2D eigenvalue weighted by Crippen LogP contribution is 2.34. The highest BCUT2D eigenvalue weighted by Gasteiger charge is 2.32. The second-order valence-electron chi connectivity index (χ2n) is 7.15. The summed E-state index contributed by atoms with van der Waals surface area (Å²) in [6.45, 7) is 8.23. The Morgan fingerprint density at radius 1 is 0.808 bits per heavy atom. The monoisotopic (exact) mass is 354 g/mol. The van der Waals surface area contributed by atoms with Gasteiger partial charge in [0.05, 0.1) is 11.1 Å². The predicted octanol–water partition coefficient (Wildman–Crippen LogP) is 5.01. The summed E-state index contributed by atoms with van der Waals surface area (Å²) >= 11 is 0. The zero-order valence-electron chi connectivity index (χ0n) is 15.7. The summed E-state index contributed by atoms with van der Waals surface area (Å²) in [5, 5.41) is 9.33. The molecule has 0 saturated carbocycles. The van der Waals surface area contributed by atoms with Crippen LogP contribution in [0.1, 0.15) is 59.9 Å². The van der Waals surface area contributed by atoms with Gasteiger partial charge in [-0.05, 0) is 29.5 Å². The van der Waals surface area contributed by atoms with Gasteiger partial charge >= 0.3 is 11.9 Å². The van der Waals surface area contributed by atoms with E-state index in [9.17, 15) is 14.7 Å². The first-order valence-corrected chi connectivity index (χ1v) is 8.91. The number of hydrogen-bond donors (Lipinski definition) is 1. The zero-order valence-corrected chi connectivity index (χ0v) is 15.7. The largest absolute Gasteiger partial charge is 0.478 e. The van der Waals surface area contributed by atoms with Gasteiger partial charge in [0, 0.05) is 5.92 Å². The Kier molecular flexibility index (Phi) is 6.56. The molecule has 0 bridgehead atoms. The molecule has 2 rings (SSSR count). The number of benzene rings is 2. The number of ether oxygens (including phenoxy) is 1. The molecule has 138 valence electrons. The second-order valence-corrected chi connectivity index (χ2v) is 7.15. The van der Waals surface area contributed by atoms with Crippen LogP contribution in [0.15, 0.2) is 54.6 Å². The van der Waals surface area contributed by atoms with Gasteiger partial charge in [-0.15, -0.1) is 0 Å². The van der Waals surface area contributed by atoms with Crippen LogP contribution in [0.4, 0.5) is 0 Å². The average Bonchev–Trinajstić information content (AvgIpc) is 2.61. The summed E-state index contributed by atoms with van der Waals surface area (Å²) in [6, 6.07) is 16.1. The molecule has 2 aromatic carbocycles. The van der Waals surface area contributed by atoms with Crippen LogP contribution in [0.25, 0.3) is 0 Å². The molecule has 0 aliphatic heterocycles. The van der Waals surface area contributed by atoms with E-state index < -0.39 is 11.9 Å². The molecule has 0 spiro atoms. The van der Waals surface area contributed by atoms with Crippen molar-refractivity contribution in [3.05, 3.63) is 71.3 Å². The number of rotatable bonds is 7. The van der Waals surface area contributed by atoms with Crippen molar-refractivity contribution < 1.29 is 19.4 Å². The van der Waals surface area contributed by atoms with Gasteiger partial charge in [0.1, 0.15) is 6.10 Å². The number of hydrogen-bond acceptors (Lipinski definition) is 3. The van der Waals surface area contributed by atoms with Gasteiger partial charge in [0.25, 0.3) is 0 Å². The molecule has 0 aliphatic carbocycles. The summed E-state index contributed by atoms with van der Waals surface area (Å²) < 4.78 is 5.86. The van der Waals surface area contributed by atoms with Gasteiger partial charge in [-0.1, -0.05) is 70.2 Å². The number of carboxylic acid groups (broad SMARTS) is 1. The molecule has 4 heteroatoms. The van der Waals surface area contributed by atoms with Crippen LogP contribution in [-0.2, 0) is 4.74 Å². The van der Waals surface area contributed by atoms with Crippen molar-refractivity contribution in [1.29, 1.82) is 0 Å². The van der Waals surface area contributed by atoms with E-state index in [1.807, 2.05) is 44.2 Å². The van der Waals surface area contributed by atoms with Gasteiger partial charge in [-0.3, -0.25) is 0 Å². The molecule has 0 aromatic heterocycles. The minimum Gasteiger partial charge on any atom is -0.478 e. The summed E-state index contributed by atoms with van der Waals surface area (Å²) in [6.07, 6.45) is -0.355. The predicted molar refractivity (Wildman–Crippen MR) is 101 cm³/mol. The molecular weight excluding hydrogens is 328 g/mol. The topological polar surface area (TPSA) is 63.6 Å². The highest BCUT2D eigenvalue weighted by molar-refractivity contribution is 6.02. The minimum atomic E-state index is -1.14. The van der Waals surface area contributed by atoms with E-state index in [4.69, 9.17) is 4.74 Å². The van der Waals surface area contributed by atoms with E-state index >= 15 is 0 Å². The second kappa shape index (κ2) is 8.65. The van der Waals surface area contributed by atoms with Crippen molar-refractivity contribution in [2.45, 2.75) is 39.7 Å². The van der Waals surface area contributed by atoms with Crippen molar-refractivity contribution in [3.63, 3.8) is 0 Å². The van der Waals surface area contributed by atoms with Gasteiger partial charge < -0.3 is 9.84 Å². The lowest BCUT2D eigenvalue weighted by Crippen LogP contribution is -2.33. The van der Waals surface area contributed by atoms with Crippen LogP contribution in [0.5, 0.6) is 0 Å². The molecule has 0 saturated heterocycles. The summed E-state index contributed by atoms with van der Waals surface area (Å²) in [7, 11) is 0. The smallest absolute Gasteiger partial charge is 0.339 e. The Labute approximate surface area is 154 Å². The van der Waals surface area contributed by atoms with Crippen molar-refractivity contribution in [1.82, 2.24) is 0 Å². The Balaban J connectivity index is 2.36. The number of carbonyl (C=O) groups is 2. The first-order valence-electron chi connectivity index (χ1n) is 8.91. The molecule has 0 aliphatic rings. The lowest BCUT2D eigenvalue weighted by Gasteiger charge is -2.33. The number of aromatic carboxylic acids is 1. The zero-order chi connectivity index (χ0) is 19.3. The van der Waals surface area contributed by atoms with Gasteiger partial charge in [0.15, 0.2) is 0 Å². The average molecular weight is 354 g/mol. The van der Waals surface area contributed by atoms with Crippen molar-refractivity contribution in [2.24, 2.45) is 11.8 Å². The molecule has 1 N–H and O–H groups in total. The van der Waals surface area contributed by atoms with E-state index in [0.717, 1.165) is 5.56 Å². The number of carbonyl (C=O) groups excluding carboxylic acids is 1. The van der Waals surface area contributed by atoms with Crippen LogP contribution in [0.2, 0.25) is 0 Å². The van der Waals surface area contributed by atoms with Gasteiger partial charge in [0.2, 0.25) is 0 Å². The molecule has 4 nitrogen and oxygen atoms in total. The molecule has 0 heterocycles. The Morgan fingerprint density at radius 2 is 1.35 bits per heavy atom. The molecule has 0 fully saturated rings. The third-order valence-corrected chi connectivity index (χ3v) is 4.53. The van der Waals surface area contributed by atoms with Gasteiger partial charge in [-0.25, -0.2) is 9.59 Å². The van der Waals surface area contributed by atoms with Crippen LogP contribution in [0.3, 0.4) is 0 Å². The quantitative estimate of drug-likeness (QED) is 0.710. The Hall–Kier alpha value is -2.62. The molecule has 0 amide bonds. The third kappa shape index (κ3) is 4.51. The first kappa shape index (κ1) is 19.7. The molecule has 2 aromatic rings. The fourth-order valence-electron chi connectivity index (χ4n) is 3.29. The van der Waals surface area contributed by atoms with Gasteiger partial charge in [-0.2, -0.15) is 0 Å². The van der Waals surface area contributed by atoms with Crippen molar-refractivity contribution >= 4 is 11.9 Å². The maximum absolute atomic E-state index is 12.8.